The predicted molar refractivity (Wildman–Crippen MR) is 66.3 cm³/mol. The molecule has 0 saturated carbocycles. The number of hydrogen-bond donors (Lipinski definition) is 1. The number of benzene rings is 1. The number of rotatable bonds is 3. The van der Waals surface area contributed by atoms with Crippen LogP contribution in [0.4, 0.5) is 5.82 Å². The maximum atomic E-state index is 5.86. The van der Waals surface area contributed by atoms with Crippen molar-refractivity contribution in [1.29, 1.82) is 0 Å². The van der Waals surface area contributed by atoms with Gasteiger partial charge in [0, 0.05) is 12.5 Å². The third kappa shape index (κ3) is 1.68. The van der Waals surface area contributed by atoms with Crippen molar-refractivity contribution in [3.05, 3.63) is 40.5 Å². The Bertz CT molecular complexity index is 511. The quantitative estimate of drug-likeness (QED) is 0.912. The number of anilines is 1. The Morgan fingerprint density at radius 2 is 2.25 bits per heavy atom. The Hall–Kier alpha value is -1.13. The van der Waals surface area contributed by atoms with Gasteiger partial charge < -0.3 is 5.32 Å². The molecule has 0 aliphatic heterocycles. The van der Waals surface area contributed by atoms with Gasteiger partial charge in [-0.2, -0.15) is 8.75 Å². The predicted octanol–water partition coefficient (Wildman–Crippen LogP) is 2.94. The van der Waals surface area contributed by atoms with Crippen LogP contribution in [-0.4, -0.2) is 15.3 Å². The second kappa shape index (κ2) is 4.03. The Morgan fingerprint density at radius 3 is 3.00 bits per heavy atom. The normalized spacial score (nSPS) is 17.7. The number of hydrogen-bond acceptors (Lipinski definition) is 4. The molecule has 1 N–H and O–H groups in total. The molecule has 1 aromatic carbocycles. The standard InChI is InChI=1S/C11H10ClN3S/c12-10-11(15-16-14-10)13-6-8-5-7-3-1-2-4-9(7)8/h1-4,8H,5-6H2,(H,13,15). The first-order chi connectivity index (χ1) is 7.84. The molecule has 0 saturated heterocycles. The van der Waals surface area contributed by atoms with Crippen molar-refractivity contribution in [2.24, 2.45) is 0 Å². The summed E-state index contributed by atoms with van der Waals surface area (Å²) in [5.41, 5.74) is 2.89. The van der Waals surface area contributed by atoms with E-state index in [1.807, 2.05) is 0 Å². The molecule has 1 aromatic heterocycles. The van der Waals surface area contributed by atoms with E-state index < -0.39 is 0 Å². The highest BCUT2D eigenvalue weighted by molar-refractivity contribution is 6.99. The van der Waals surface area contributed by atoms with Gasteiger partial charge in [-0.3, -0.25) is 0 Å². The smallest absolute Gasteiger partial charge is 0.186 e. The second-order valence-electron chi connectivity index (χ2n) is 3.88. The molecule has 2 aromatic rings. The van der Waals surface area contributed by atoms with Gasteiger partial charge in [-0.05, 0) is 17.5 Å². The van der Waals surface area contributed by atoms with Crippen LogP contribution in [0.3, 0.4) is 0 Å². The van der Waals surface area contributed by atoms with E-state index in [2.05, 4.69) is 38.3 Å². The number of fused-ring (bicyclic) bond motifs is 1. The third-order valence-corrected chi connectivity index (χ3v) is 3.82. The molecule has 0 bridgehead atoms. The fraction of sp³-hybridized carbons (Fsp3) is 0.273. The molecule has 1 heterocycles. The Morgan fingerprint density at radius 1 is 1.38 bits per heavy atom. The van der Waals surface area contributed by atoms with Gasteiger partial charge in [0.1, 0.15) is 0 Å². The summed E-state index contributed by atoms with van der Waals surface area (Å²) in [7, 11) is 0. The van der Waals surface area contributed by atoms with Crippen molar-refractivity contribution in [2.75, 3.05) is 11.9 Å². The lowest BCUT2D eigenvalue weighted by Gasteiger charge is -2.30. The van der Waals surface area contributed by atoms with Crippen LogP contribution in [0, 0.1) is 0 Å². The van der Waals surface area contributed by atoms with Crippen LogP contribution in [0.1, 0.15) is 17.0 Å². The van der Waals surface area contributed by atoms with E-state index in [0.29, 0.717) is 16.9 Å². The minimum Gasteiger partial charge on any atom is -0.366 e. The summed E-state index contributed by atoms with van der Waals surface area (Å²) in [6, 6.07) is 8.54. The third-order valence-electron chi connectivity index (χ3n) is 2.93. The fourth-order valence-corrected chi connectivity index (χ4v) is 2.73. The van der Waals surface area contributed by atoms with Gasteiger partial charge in [-0.15, -0.1) is 0 Å². The summed E-state index contributed by atoms with van der Waals surface area (Å²) in [5, 5.41) is 3.71. The Kier molecular flexibility index (Phi) is 2.53. The van der Waals surface area contributed by atoms with Crippen LogP contribution in [0.2, 0.25) is 5.15 Å². The fourth-order valence-electron chi connectivity index (χ4n) is 2.05. The largest absolute Gasteiger partial charge is 0.366 e. The summed E-state index contributed by atoms with van der Waals surface area (Å²) >= 11 is 6.99. The number of nitrogens with one attached hydrogen (secondary N) is 1. The van der Waals surface area contributed by atoms with Crippen LogP contribution in [0.25, 0.3) is 0 Å². The van der Waals surface area contributed by atoms with Crippen molar-refractivity contribution in [1.82, 2.24) is 8.75 Å². The highest BCUT2D eigenvalue weighted by Gasteiger charge is 2.25. The first kappa shape index (κ1) is 10.1. The molecular weight excluding hydrogens is 242 g/mol. The first-order valence-corrected chi connectivity index (χ1v) is 6.25. The molecule has 3 nitrogen and oxygen atoms in total. The lowest BCUT2D eigenvalue weighted by atomic mass is 9.78. The summed E-state index contributed by atoms with van der Waals surface area (Å²) < 4.78 is 8.01. The van der Waals surface area contributed by atoms with Crippen LogP contribution < -0.4 is 5.32 Å². The van der Waals surface area contributed by atoms with Crippen LogP contribution in [0.15, 0.2) is 24.3 Å². The molecule has 82 valence electrons. The molecule has 3 rings (SSSR count). The van der Waals surface area contributed by atoms with E-state index in [0.717, 1.165) is 24.7 Å². The molecule has 0 amide bonds. The molecule has 5 heteroatoms. The van der Waals surface area contributed by atoms with Gasteiger partial charge in [0.15, 0.2) is 11.0 Å². The van der Waals surface area contributed by atoms with Gasteiger partial charge in [-0.25, -0.2) is 0 Å². The molecule has 0 fully saturated rings. The zero-order valence-electron chi connectivity index (χ0n) is 8.48. The maximum Gasteiger partial charge on any atom is 0.186 e. The molecular formula is C11H10ClN3S. The van der Waals surface area contributed by atoms with Gasteiger partial charge in [0.05, 0.1) is 11.7 Å². The number of halogens is 1. The highest BCUT2D eigenvalue weighted by Crippen LogP contribution is 2.35. The minimum atomic E-state index is 0.470. The summed E-state index contributed by atoms with van der Waals surface area (Å²) in [6.07, 6.45) is 1.14. The second-order valence-corrected chi connectivity index (χ2v) is 4.77. The average molecular weight is 252 g/mol. The zero-order valence-corrected chi connectivity index (χ0v) is 10.1. The lowest BCUT2D eigenvalue weighted by molar-refractivity contribution is 0.635. The number of aromatic nitrogens is 2. The topological polar surface area (TPSA) is 37.8 Å². The molecule has 1 atom stereocenters. The van der Waals surface area contributed by atoms with Gasteiger partial charge in [0.2, 0.25) is 0 Å². The lowest BCUT2D eigenvalue weighted by Crippen LogP contribution is -2.24. The summed E-state index contributed by atoms with van der Waals surface area (Å²) in [6.45, 7) is 0.877. The minimum absolute atomic E-state index is 0.470. The van der Waals surface area contributed by atoms with Crippen molar-refractivity contribution < 1.29 is 0 Å². The molecule has 1 unspecified atom stereocenters. The average Bonchev–Trinajstić information content (AvgIpc) is 2.66. The SMILES string of the molecule is Clc1nsnc1NCC1Cc2ccccc21. The molecule has 1 aliphatic carbocycles. The van der Waals surface area contributed by atoms with E-state index in [4.69, 9.17) is 11.6 Å². The van der Waals surface area contributed by atoms with Crippen LogP contribution in [0.5, 0.6) is 0 Å². The highest BCUT2D eigenvalue weighted by atomic mass is 35.5. The van der Waals surface area contributed by atoms with E-state index >= 15 is 0 Å². The Labute approximate surface area is 103 Å². The molecule has 16 heavy (non-hydrogen) atoms. The monoisotopic (exact) mass is 251 g/mol. The van der Waals surface area contributed by atoms with E-state index in [-0.39, 0.29) is 0 Å². The van der Waals surface area contributed by atoms with Crippen molar-refractivity contribution in [2.45, 2.75) is 12.3 Å². The van der Waals surface area contributed by atoms with Crippen molar-refractivity contribution in [3.63, 3.8) is 0 Å². The van der Waals surface area contributed by atoms with Crippen molar-refractivity contribution in [3.8, 4) is 0 Å². The molecule has 0 spiro atoms. The zero-order chi connectivity index (χ0) is 11.0. The summed E-state index contributed by atoms with van der Waals surface area (Å²) in [4.78, 5) is 0. The van der Waals surface area contributed by atoms with E-state index in [1.165, 1.54) is 11.1 Å². The maximum absolute atomic E-state index is 5.86. The van der Waals surface area contributed by atoms with Crippen molar-refractivity contribution >= 4 is 29.1 Å². The first-order valence-electron chi connectivity index (χ1n) is 5.14. The van der Waals surface area contributed by atoms with E-state index in [9.17, 15) is 0 Å². The Balaban J connectivity index is 1.65. The number of nitrogens with zero attached hydrogens (tertiary/aromatic N) is 2. The van der Waals surface area contributed by atoms with Gasteiger partial charge in [0.25, 0.3) is 0 Å². The van der Waals surface area contributed by atoms with Gasteiger partial charge >= 0.3 is 0 Å². The van der Waals surface area contributed by atoms with E-state index in [1.54, 1.807) is 0 Å². The van der Waals surface area contributed by atoms with Crippen LogP contribution >= 0.6 is 23.3 Å². The summed E-state index contributed by atoms with van der Waals surface area (Å²) in [5.74, 6) is 1.28. The molecule has 1 aliphatic rings. The van der Waals surface area contributed by atoms with Crippen LogP contribution in [-0.2, 0) is 6.42 Å². The molecule has 0 radical (unpaired) electrons. The van der Waals surface area contributed by atoms with Gasteiger partial charge in [-0.1, -0.05) is 35.9 Å².